The van der Waals surface area contributed by atoms with Crippen LogP contribution < -0.4 is 10.1 Å². The van der Waals surface area contributed by atoms with E-state index in [2.05, 4.69) is 41.1 Å². The first-order chi connectivity index (χ1) is 8.88. The minimum atomic E-state index is 0.120. The van der Waals surface area contributed by atoms with Crippen molar-refractivity contribution in [3.05, 3.63) is 11.8 Å². The second-order valence-corrected chi connectivity index (χ2v) is 5.34. The molecule has 19 heavy (non-hydrogen) atoms. The number of aryl methyl sites for hydroxylation is 1. The molecule has 0 fully saturated rings. The SMILES string of the molecule is Cc1cc(OC(C)C)nc(NCCN(C)C(C)C)n1. The molecule has 1 N–H and O–H groups in total. The van der Waals surface area contributed by atoms with E-state index in [-0.39, 0.29) is 6.10 Å². The van der Waals surface area contributed by atoms with Gasteiger partial charge in [0.05, 0.1) is 6.10 Å². The maximum atomic E-state index is 5.60. The van der Waals surface area contributed by atoms with Crippen LogP contribution in [0.2, 0.25) is 0 Å². The van der Waals surface area contributed by atoms with Gasteiger partial charge >= 0.3 is 0 Å². The number of likely N-dealkylation sites (N-methyl/N-ethyl adjacent to an activating group) is 1. The second kappa shape index (κ2) is 7.28. The Bertz CT molecular complexity index is 393. The summed E-state index contributed by atoms with van der Waals surface area (Å²) in [6.07, 6.45) is 0.120. The Kier molecular flexibility index (Phi) is 6.02. The Hall–Kier alpha value is -1.36. The summed E-state index contributed by atoms with van der Waals surface area (Å²) in [5.74, 6) is 1.26. The van der Waals surface area contributed by atoms with Crippen LogP contribution in [0.4, 0.5) is 5.95 Å². The average molecular weight is 266 g/mol. The molecule has 1 rings (SSSR count). The molecule has 0 saturated heterocycles. The van der Waals surface area contributed by atoms with Crippen molar-refractivity contribution in [1.82, 2.24) is 14.9 Å². The molecule has 0 spiro atoms. The molecule has 0 amide bonds. The first kappa shape index (κ1) is 15.7. The summed E-state index contributed by atoms with van der Waals surface area (Å²) >= 11 is 0. The van der Waals surface area contributed by atoms with Crippen LogP contribution in [-0.4, -0.2) is 47.2 Å². The number of anilines is 1. The summed E-state index contributed by atoms with van der Waals surface area (Å²) in [6.45, 7) is 12.1. The van der Waals surface area contributed by atoms with Crippen molar-refractivity contribution < 1.29 is 4.74 Å². The fraction of sp³-hybridized carbons (Fsp3) is 0.714. The van der Waals surface area contributed by atoms with Crippen LogP contribution in [0, 0.1) is 6.92 Å². The van der Waals surface area contributed by atoms with E-state index in [0.29, 0.717) is 17.9 Å². The van der Waals surface area contributed by atoms with Gasteiger partial charge in [-0.15, -0.1) is 0 Å². The molecule has 0 aliphatic rings. The molecule has 0 atom stereocenters. The zero-order chi connectivity index (χ0) is 14.4. The van der Waals surface area contributed by atoms with E-state index >= 15 is 0 Å². The smallest absolute Gasteiger partial charge is 0.226 e. The molecular formula is C14H26N4O. The molecule has 1 aromatic rings. The zero-order valence-electron chi connectivity index (χ0n) is 12.9. The lowest BCUT2D eigenvalue weighted by molar-refractivity contribution is 0.232. The van der Waals surface area contributed by atoms with E-state index in [4.69, 9.17) is 4.74 Å². The van der Waals surface area contributed by atoms with Gasteiger partial charge in [0.1, 0.15) is 0 Å². The third kappa shape index (κ3) is 5.87. The number of hydrogen-bond acceptors (Lipinski definition) is 5. The molecule has 108 valence electrons. The predicted octanol–water partition coefficient (Wildman–Crippen LogP) is 2.32. The zero-order valence-corrected chi connectivity index (χ0v) is 12.9. The Balaban J connectivity index is 2.56. The van der Waals surface area contributed by atoms with E-state index in [1.165, 1.54) is 0 Å². The minimum Gasteiger partial charge on any atom is -0.475 e. The molecule has 0 aliphatic carbocycles. The summed E-state index contributed by atoms with van der Waals surface area (Å²) in [4.78, 5) is 11.0. The molecule has 0 unspecified atom stereocenters. The predicted molar refractivity (Wildman–Crippen MR) is 78.8 cm³/mol. The lowest BCUT2D eigenvalue weighted by Gasteiger charge is -2.21. The number of nitrogens with zero attached hydrogens (tertiary/aromatic N) is 3. The highest BCUT2D eigenvalue weighted by molar-refractivity contribution is 5.30. The van der Waals surface area contributed by atoms with Crippen LogP contribution >= 0.6 is 0 Å². The molecule has 5 heteroatoms. The molecule has 1 aromatic heterocycles. The highest BCUT2D eigenvalue weighted by atomic mass is 16.5. The third-order valence-corrected chi connectivity index (χ3v) is 2.82. The minimum absolute atomic E-state index is 0.120. The average Bonchev–Trinajstić information content (AvgIpc) is 2.26. The maximum Gasteiger partial charge on any atom is 0.226 e. The topological polar surface area (TPSA) is 50.3 Å². The fourth-order valence-corrected chi connectivity index (χ4v) is 1.52. The standard InChI is InChI=1S/C14H26N4O/c1-10(2)18(6)8-7-15-14-16-12(5)9-13(17-14)19-11(3)4/h9-11H,7-8H2,1-6H3,(H,15,16,17). The van der Waals surface area contributed by atoms with Crippen molar-refractivity contribution in [3.63, 3.8) is 0 Å². The Morgan fingerprint density at radius 1 is 1.26 bits per heavy atom. The summed E-state index contributed by atoms with van der Waals surface area (Å²) in [5.41, 5.74) is 0.908. The van der Waals surface area contributed by atoms with Crippen molar-refractivity contribution in [3.8, 4) is 5.88 Å². The number of nitrogens with one attached hydrogen (secondary N) is 1. The van der Waals surface area contributed by atoms with Gasteiger partial charge in [0.15, 0.2) is 0 Å². The lowest BCUT2D eigenvalue weighted by atomic mass is 10.3. The maximum absolute atomic E-state index is 5.60. The van der Waals surface area contributed by atoms with Crippen LogP contribution in [-0.2, 0) is 0 Å². The van der Waals surface area contributed by atoms with Gasteiger partial charge in [0.2, 0.25) is 11.8 Å². The van der Waals surface area contributed by atoms with E-state index in [1.807, 2.05) is 26.8 Å². The molecular weight excluding hydrogens is 240 g/mol. The highest BCUT2D eigenvalue weighted by Crippen LogP contribution is 2.13. The Morgan fingerprint density at radius 2 is 1.95 bits per heavy atom. The molecule has 5 nitrogen and oxygen atoms in total. The van der Waals surface area contributed by atoms with Gasteiger partial charge in [0.25, 0.3) is 0 Å². The van der Waals surface area contributed by atoms with Crippen LogP contribution in [0.1, 0.15) is 33.4 Å². The molecule has 0 radical (unpaired) electrons. The number of ether oxygens (including phenoxy) is 1. The van der Waals surface area contributed by atoms with Crippen molar-refractivity contribution in [1.29, 1.82) is 0 Å². The van der Waals surface area contributed by atoms with Gasteiger partial charge in [-0.25, -0.2) is 4.98 Å². The van der Waals surface area contributed by atoms with Crippen molar-refractivity contribution in [2.24, 2.45) is 0 Å². The molecule has 0 aromatic carbocycles. The van der Waals surface area contributed by atoms with Crippen molar-refractivity contribution in [2.75, 3.05) is 25.5 Å². The highest BCUT2D eigenvalue weighted by Gasteiger charge is 2.06. The first-order valence-electron chi connectivity index (χ1n) is 6.85. The fourth-order valence-electron chi connectivity index (χ4n) is 1.52. The van der Waals surface area contributed by atoms with Gasteiger partial charge in [-0.1, -0.05) is 0 Å². The molecule has 0 bridgehead atoms. The van der Waals surface area contributed by atoms with Gasteiger partial charge in [-0.05, 0) is 41.7 Å². The Morgan fingerprint density at radius 3 is 2.53 bits per heavy atom. The van der Waals surface area contributed by atoms with E-state index in [1.54, 1.807) is 0 Å². The molecule has 0 aliphatic heterocycles. The van der Waals surface area contributed by atoms with Crippen LogP contribution in [0.3, 0.4) is 0 Å². The van der Waals surface area contributed by atoms with E-state index < -0.39 is 0 Å². The van der Waals surface area contributed by atoms with Gasteiger partial charge in [-0.2, -0.15) is 4.98 Å². The summed E-state index contributed by atoms with van der Waals surface area (Å²) < 4.78 is 5.60. The molecule has 1 heterocycles. The number of rotatable bonds is 7. The quantitative estimate of drug-likeness (QED) is 0.821. The van der Waals surface area contributed by atoms with Gasteiger partial charge in [-0.3, -0.25) is 0 Å². The lowest BCUT2D eigenvalue weighted by Crippen LogP contribution is -2.31. The third-order valence-electron chi connectivity index (χ3n) is 2.82. The van der Waals surface area contributed by atoms with Gasteiger partial charge in [0, 0.05) is 30.9 Å². The summed E-state index contributed by atoms with van der Waals surface area (Å²) in [7, 11) is 2.11. The van der Waals surface area contributed by atoms with Crippen molar-refractivity contribution >= 4 is 5.95 Å². The number of hydrogen-bond donors (Lipinski definition) is 1. The van der Waals surface area contributed by atoms with Crippen LogP contribution in [0.25, 0.3) is 0 Å². The summed E-state index contributed by atoms with van der Waals surface area (Å²) in [5, 5.41) is 3.24. The van der Waals surface area contributed by atoms with Crippen LogP contribution in [0.15, 0.2) is 6.07 Å². The van der Waals surface area contributed by atoms with E-state index in [0.717, 1.165) is 18.8 Å². The normalized spacial score (nSPS) is 11.4. The number of aromatic nitrogens is 2. The van der Waals surface area contributed by atoms with Crippen molar-refractivity contribution in [2.45, 2.75) is 46.8 Å². The largest absolute Gasteiger partial charge is 0.475 e. The molecule has 0 saturated carbocycles. The first-order valence-corrected chi connectivity index (χ1v) is 6.85. The Labute approximate surface area is 116 Å². The van der Waals surface area contributed by atoms with Crippen LogP contribution in [0.5, 0.6) is 5.88 Å². The van der Waals surface area contributed by atoms with E-state index in [9.17, 15) is 0 Å². The monoisotopic (exact) mass is 266 g/mol. The summed E-state index contributed by atoms with van der Waals surface area (Å²) in [6, 6.07) is 2.39. The van der Waals surface area contributed by atoms with Gasteiger partial charge < -0.3 is 15.0 Å². The second-order valence-electron chi connectivity index (χ2n) is 5.34.